The summed E-state index contributed by atoms with van der Waals surface area (Å²) < 4.78 is 17.9. The Kier molecular flexibility index (Phi) is 8.06. The number of carbonyl (C=O) groups excluding carboxylic acids is 1. The Balaban J connectivity index is 2.15. The normalized spacial score (nSPS) is 10.5. The maximum Gasteiger partial charge on any atom is 0.224 e. The largest absolute Gasteiger partial charge is 0.396 e. The molecule has 0 saturated heterocycles. The lowest BCUT2D eigenvalue weighted by molar-refractivity contribution is -0.116. The van der Waals surface area contributed by atoms with E-state index in [-0.39, 0.29) is 11.6 Å². The van der Waals surface area contributed by atoms with E-state index >= 15 is 0 Å². The minimum atomic E-state index is -0.476. The number of amides is 1. The standard InChI is InChI=1S/C14H21FN2O2S/c1-19-7-3-9-20-8-2-4-14(18)17-11-5-6-12(15)13(16)10-11/h5-6,10H,2-4,7-9,16H2,1H3,(H,17,18). The average molecular weight is 300 g/mol. The van der Waals surface area contributed by atoms with Crippen molar-refractivity contribution in [2.24, 2.45) is 0 Å². The first kappa shape index (κ1) is 16.8. The van der Waals surface area contributed by atoms with Gasteiger partial charge in [-0.05, 0) is 42.5 Å². The molecular weight excluding hydrogens is 279 g/mol. The van der Waals surface area contributed by atoms with E-state index in [1.807, 2.05) is 11.8 Å². The average Bonchev–Trinajstić information content (AvgIpc) is 2.42. The smallest absolute Gasteiger partial charge is 0.224 e. The minimum absolute atomic E-state index is 0.0384. The Morgan fingerprint density at radius 3 is 2.85 bits per heavy atom. The van der Waals surface area contributed by atoms with E-state index in [4.69, 9.17) is 10.5 Å². The van der Waals surface area contributed by atoms with Crippen molar-refractivity contribution in [2.75, 3.05) is 36.3 Å². The van der Waals surface area contributed by atoms with Crippen molar-refractivity contribution in [1.29, 1.82) is 0 Å². The fourth-order valence-electron chi connectivity index (χ4n) is 1.59. The number of carbonyl (C=O) groups is 1. The summed E-state index contributed by atoms with van der Waals surface area (Å²) in [7, 11) is 1.69. The summed E-state index contributed by atoms with van der Waals surface area (Å²) in [5, 5.41) is 2.71. The summed E-state index contributed by atoms with van der Waals surface area (Å²) in [5.74, 6) is 1.44. The molecule has 112 valence electrons. The fourth-order valence-corrected chi connectivity index (χ4v) is 2.46. The Hall–Kier alpha value is -1.27. The molecule has 0 unspecified atom stereocenters. The van der Waals surface area contributed by atoms with Crippen LogP contribution < -0.4 is 11.1 Å². The number of hydrogen-bond donors (Lipinski definition) is 2. The highest BCUT2D eigenvalue weighted by atomic mass is 32.2. The number of hydrogen-bond acceptors (Lipinski definition) is 4. The van der Waals surface area contributed by atoms with Crippen molar-refractivity contribution < 1.29 is 13.9 Å². The van der Waals surface area contributed by atoms with Crippen LogP contribution in [0.3, 0.4) is 0 Å². The van der Waals surface area contributed by atoms with Crippen molar-refractivity contribution in [1.82, 2.24) is 0 Å². The molecule has 0 aliphatic rings. The molecular formula is C14H21FN2O2S. The van der Waals surface area contributed by atoms with Gasteiger partial charge in [-0.2, -0.15) is 11.8 Å². The molecule has 0 fully saturated rings. The highest BCUT2D eigenvalue weighted by Gasteiger charge is 2.04. The number of halogens is 1. The zero-order chi connectivity index (χ0) is 14.8. The number of rotatable bonds is 9. The van der Waals surface area contributed by atoms with Crippen molar-refractivity contribution in [2.45, 2.75) is 19.3 Å². The maximum absolute atomic E-state index is 13.0. The van der Waals surface area contributed by atoms with E-state index < -0.39 is 5.82 Å². The summed E-state index contributed by atoms with van der Waals surface area (Å²) in [5.41, 5.74) is 6.00. The van der Waals surface area contributed by atoms with Gasteiger partial charge in [-0.25, -0.2) is 4.39 Å². The lowest BCUT2D eigenvalue weighted by atomic mass is 10.2. The second-order valence-corrected chi connectivity index (χ2v) is 5.57. The number of ether oxygens (including phenoxy) is 1. The van der Waals surface area contributed by atoms with Gasteiger partial charge in [0.15, 0.2) is 0 Å². The Labute approximate surface area is 123 Å². The first-order valence-electron chi connectivity index (χ1n) is 6.55. The van der Waals surface area contributed by atoms with Crippen LogP contribution in [0, 0.1) is 5.82 Å². The third-order valence-corrected chi connectivity index (χ3v) is 3.76. The zero-order valence-electron chi connectivity index (χ0n) is 11.7. The van der Waals surface area contributed by atoms with Crippen LogP contribution in [0.2, 0.25) is 0 Å². The summed E-state index contributed by atoms with van der Waals surface area (Å²) in [6.07, 6.45) is 2.30. The number of nitrogens with two attached hydrogens (primary N) is 1. The molecule has 0 bridgehead atoms. The van der Waals surface area contributed by atoms with E-state index in [1.165, 1.54) is 18.2 Å². The maximum atomic E-state index is 13.0. The molecule has 0 heterocycles. The van der Waals surface area contributed by atoms with Gasteiger partial charge in [0.25, 0.3) is 0 Å². The number of benzene rings is 1. The minimum Gasteiger partial charge on any atom is -0.396 e. The molecule has 0 spiro atoms. The van der Waals surface area contributed by atoms with Gasteiger partial charge in [0.05, 0.1) is 5.69 Å². The van der Waals surface area contributed by atoms with Crippen LogP contribution in [-0.4, -0.2) is 31.1 Å². The zero-order valence-corrected chi connectivity index (χ0v) is 12.5. The van der Waals surface area contributed by atoms with Gasteiger partial charge in [-0.3, -0.25) is 4.79 Å². The number of anilines is 2. The SMILES string of the molecule is COCCCSCCCC(=O)Nc1ccc(F)c(N)c1. The Bertz CT molecular complexity index is 430. The molecule has 0 saturated carbocycles. The van der Waals surface area contributed by atoms with E-state index in [0.717, 1.165) is 31.0 Å². The number of thioether (sulfide) groups is 1. The van der Waals surface area contributed by atoms with Crippen molar-refractivity contribution in [3.05, 3.63) is 24.0 Å². The molecule has 3 N–H and O–H groups in total. The lowest BCUT2D eigenvalue weighted by Crippen LogP contribution is -2.11. The quantitative estimate of drug-likeness (QED) is 0.544. The van der Waals surface area contributed by atoms with Crippen molar-refractivity contribution >= 4 is 29.0 Å². The van der Waals surface area contributed by atoms with Gasteiger partial charge in [-0.1, -0.05) is 0 Å². The molecule has 20 heavy (non-hydrogen) atoms. The fraction of sp³-hybridized carbons (Fsp3) is 0.500. The molecule has 1 rings (SSSR count). The van der Waals surface area contributed by atoms with Crippen molar-refractivity contribution in [3.63, 3.8) is 0 Å². The van der Waals surface area contributed by atoms with Gasteiger partial charge in [0, 0.05) is 25.8 Å². The third kappa shape index (κ3) is 6.77. The summed E-state index contributed by atoms with van der Waals surface area (Å²) >= 11 is 1.82. The summed E-state index contributed by atoms with van der Waals surface area (Å²) in [4.78, 5) is 11.7. The predicted octanol–water partition coefficient (Wildman–Crippen LogP) is 2.90. The van der Waals surface area contributed by atoms with Crippen LogP contribution in [0.25, 0.3) is 0 Å². The van der Waals surface area contributed by atoms with Gasteiger partial charge in [-0.15, -0.1) is 0 Å². The van der Waals surface area contributed by atoms with E-state index in [2.05, 4.69) is 5.32 Å². The molecule has 1 aromatic rings. The predicted molar refractivity (Wildman–Crippen MR) is 82.5 cm³/mol. The number of nitrogens with one attached hydrogen (secondary N) is 1. The number of nitrogen functional groups attached to an aromatic ring is 1. The van der Waals surface area contributed by atoms with Crippen LogP contribution in [-0.2, 0) is 9.53 Å². The van der Waals surface area contributed by atoms with E-state index in [9.17, 15) is 9.18 Å². The first-order chi connectivity index (χ1) is 9.63. The van der Waals surface area contributed by atoms with Gasteiger partial charge in [0.1, 0.15) is 5.82 Å². The Morgan fingerprint density at radius 2 is 2.15 bits per heavy atom. The van der Waals surface area contributed by atoms with Crippen LogP contribution in [0.1, 0.15) is 19.3 Å². The molecule has 0 aliphatic carbocycles. The molecule has 0 aromatic heterocycles. The van der Waals surface area contributed by atoms with Gasteiger partial charge in [0.2, 0.25) is 5.91 Å². The van der Waals surface area contributed by atoms with Crippen LogP contribution in [0.15, 0.2) is 18.2 Å². The highest BCUT2D eigenvalue weighted by Crippen LogP contribution is 2.16. The summed E-state index contributed by atoms with van der Waals surface area (Å²) in [6.45, 7) is 0.777. The second kappa shape index (κ2) is 9.61. The molecule has 6 heteroatoms. The topological polar surface area (TPSA) is 64.3 Å². The van der Waals surface area contributed by atoms with E-state index in [1.54, 1.807) is 7.11 Å². The number of methoxy groups -OCH3 is 1. The monoisotopic (exact) mass is 300 g/mol. The molecule has 1 aromatic carbocycles. The summed E-state index contributed by atoms with van der Waals surface area (Å²) in [6, 6.07) is 4.17. The molecule has 0 atom stereocenters. The first-order valence-corrected chi connectivity index (χ1v) is 7.70. The highest BCUT2D eigenvalue weighted by molar-refractivity contribution is 7.99. The molecule has 4 nitrogen and oxygen atoms in total. The third-order valence-electron chi connectivity index (χ3n) is 2.61. The van der Waals surface area contributed by atoms with Gasteiger partial charge >= 0.3 is 0 Å². The Morgan fingerprint density at radius 1 is 1.40 bits per heavy atom. The molecule has 0 radical (unpaired) electrons. The van der Waals surface area contributed by atoms with Crippen LogP contribution in [0.4, 0.5) is 15.8 Å². The van der Waals surface area contributed by atoms with E-state index in [0.29, 0.717) is 12.1 Å². The lowest BCUT2D eigenvalue weighted by Gasteiger charge is -2.06. The van der Waals surface area contributed by atoms with Gasteiger partial charge < -0.3 is 15.8 Å². The van der Waals surface area contributed by atoms with Crippen molar-refractivity contribution in [3.8, 4) is 0 Å². The van der Waals surface area contributed by atoms with Crippen LogP contribution >= 0.6 is 11.8 Å². The van der Waals surface area contributed by atoms with Crippen LogP contribution in [0.5, 0.6) is 0 Å². The molecule has 1 amide bonds. The second-order valence-electron chi connectivity index (χ2n) is 4.35. The molecule has 0 aliphatic heterocycles.